The van der Waals surface area contributed by atoms with Gasteiger partial charge in [-0.05, 0) is 31.7 Å². The van der Waals surface area contributed by atoms with Crippen molar-refractivity contribution in [1.29, 1.82) is 0 Å². The molecule has 2 aliphatic heterocycles. The van der Waals surface area contributed by atoms with Gasteiger partial charge in [-0.25, -0.2) is 4.98 Å². The highest BCUT2D eigenvalue weighted by Gasteiger charge is 2.52. The van der Waals surface area contributed by atoms with E-state index in [2.05, 4.69) is 15.0 Å². The van der Waals surface area contributed by atoms with E-state index in [0.29, 0.717) is 18.4 Å². The Labute approximate surface area is 141 Å². The van der Waals surface area contributed by atoms with Crippen molar-refractivity contribution in [3.05, 3.63) is 41.9 Å². The van der Waals surface area contributed by atoms with Crippen LogP contribution in [0.15, 0.2) is 35.0 Å². The molecule has 1 atom stereocenters. The van der Waals surface area contributed by atoms with Crippen molar-refractivity contribution in [2.75, 3.05) is 26.3 Å². The summed E-state index contributed by atoms with van der Waals surface area (Å²) in [6.07, 6.45) is 3.88. The molecule has 24 heavy (non-hydrogen) atoms. The molecule has 2 aliphatic rings. The average Bonchev–Trinajstić information content (AvgIpc) is 3.15. The maximum Gasteiger partial charge on any atom is 0.213 e. The molecule has 4 heterocycles. The molecule has 4 rings (SSSR count). The zero-order valence-corrected chi connectivity index (χ0v) is 14.0. The lowest BCUT2D eigenvalue weighted by atomic mass is 9.79. The van der Waals surface area contributed by atoms with Gasteiger partial charge in [0.15, 0.2) is 0 Å². The van der Waals surface area contributed by atoms with Crippen LogP contribution in [-0.2, 0) is 11.3 Å². The largest absolute Gasteiger partial charge is 0.478 e. The zero-order chi connectivity index (χ0) is 16.4. The fraction of sp³-hybridized carbons (Fsp3) is 0.556. The first-order valence-electron chi connectivity index (χ1n) is 8.56. The molecular formula is C18H23N3O3. The Hall–Kier alpha value is -1.92. The summed E-state index contributed by atoms with van der Waals surface area (Å²) in [4.78, 5) is 6.57. The first kappa shape index (κ1) is 15.6. The van der Waals surface area contributed by atoms with Crippen molar-refractivity contribution in [3.63, 3.8) is 0 Å². The quantitative estimate of drug-likeness (QED) is 0.811. The summed E-state index contributed by atoms with van der Waals surface area (Å²) in [6.45, 7) is 6.23. The zero-order valence-electron chi connectivity index (χ0n) is 14.0. The number of hydrogen-bond donors (Lipinski definition) is 0. The maximum absolute atomic E-state index is 6.11. The van der Waals surface area contributed by atoms with E-state index >= 15 is 0 Å². The third-order valence-electron chi connectivity index (χ3n) is 5.00. The predicted octanol–water partition coefficient (Wildman–Crippen LogP) is 2.44. The van der Waals surface area contributed by atoms with Gasteiger partial charge in [0.1, 0.15) is 5.76 Å². The molecule has 0 unspecified atom stereocenters. The fourth-order valence-corrected chi connectivity index (χ4v) is 3.82. The summed E-state index contributed by atoms with van der Waals surface area (Å²) >= 11 is 0. The van der Waals surface area contributed by atoms with Gasteiger partial charge in [0, 0.05) is 44.6 Å². The van der Waals surface area contributed by atoms with Crippen molar-refractivity contribution in [3.8, 4) is 5.88 Å². The van der Waals surface area contributed by atoms with Crippen molar-refractivity contribution in [1.82, 2.24) is 15.0 Å². The summed E-state index contributed by atoms with van der Waals surface area (Å²) in [6, 6.07) is 7.73. The summed E-state index contributed by atoms with van der Waals surface area (Å²) in [7, 11) is 0. The van der Waals surface area contributed by atoms with Crippen LogP contribution in [0, 0.1) is 12.8 Å². The molecule has 0 radical (unpaired) electrons. The smallest absolute Gasteiger partial charge is 0.213 e. The van der Waals surface area contributed by atoms with Gasteiger partial charge in [0.2, 0.25) is 5.88 Å². The maximum atomic E-state index is 6.11. The lowest BCUT2D eigenvalue weighted by molar-refractivity contribution is -0.138. The van der Waals surface area contributed by atoms with E-state index in [4.69, 9.17) is 14.0 Å². The molecule has 0 amide bonds. The van der Waals surface area contributed by atoms with Gasteiger partial charge >= 0.3 is 0 Å². The molecule has 2 fully saturated rings. The second-order valence-electron chi connectivity index (χ2n) is 6.78. The number of nitrogens with zero attached hydrogens (tertiary/aromatic N) is 3. The molecule has 0 bridgehead atoms. The standard InChI is InChI=1S/C18H23N3O3/c1-14-10-16(20-24-14)11-21-12-18(13-21)15(6-9-23-18)5-8-22-17-4-2-3-7-19-17/h2-4,7,10,15H,5-6,8-9,11-13H2,1H3/t15-/m1/s1. The summed E-state index contributed by atoms with van der Waals surface area (Å²) in [5, 5.41) is 4.07. The number of likely N-dealkylation sites (tertiary alicyclic amines) is 1. The topological polar surface area (TPSA) is 60.6 Å². The fourth-order valence-electron chi connectivity index (χ4n) is 3.82. The molecule has 2 aromatic rings. The monoisotopic (exact) mass is 329 g/mol. The summed E-state index contributed by atoms with van der Waals surface area (Å²) in [5.74, 6) is 2.11. The van der Waals surface area contributed by atoms with Crippen LogP contribution in [0.25, 0.3) is 0 Å². The molecule has 0 aliphatic carbocycles. The van der Waals surface area contributed by atoms with E-state index in [1.165, 1.54) is 0 Å². The predicted molar refractivity (Wildman–Crippen MR) is 87.7 cm³/mol. The number of aryl methyl sites for hydroxylation is 1. The Balaban J connectivity index is 1.26. The van der Waals surface area contributed by atoms with Crippen LogP contribution in [-0.4, -0.2) is 46.9 Å². The van der Waals surface area contributed by atoms with Gasteiger partial charge in [0.25, 0.3) is 0 Å². The van der Waals surface area contributed by atoms with Crippen LogP contribution in [0.3, 0.4) is 0 Å². The molecule has 6 heteroatoms. The van der Waals surface area contributed by atoms with E-state index in [-0.39, 0.29) is 5.60 Å². The highest BCUT2D eigenvalue weighted by atomic mass is 16.5. The van der Waals surface area contributed by atoms with Gasteiger partial charge < -0.3 is 14.0 Å². The van der Waals surface area contributed by atoms with E-state index in [9.17, 15) is 0 Å². The highest BCUT2D eigenvalue weighted by Crippen LogP contribution is 2.42. The van der Waals surface area contributed by atoms with E-state index in [0.717, 1.165) is 50.5 Å². The highest BCUT2D eigenvalue weighted by molar-refractivity contribution is 5.10. The Morgan fingerprint density at radius 2 is 2.29 bits per heavy atom. The molecule has 1 spiro atoms. The van der Waals surface area contributed by atoms with E-state index < -0.39 is 0 Å². The van der Waals surface area contributed by atoms with Gasteiger partial charge in [-0.1, -0.05) is 11.2 Å². The lowest BCUT2D eigenvalue weighted by Crippen LogP contribution is -2.64. The lowest BCUT2D eigenvalue weighted by Gasteiger charge is -2.50. The van der Waals surface area contributed by atoms with Crippen LogP contribution < -0.4 is 4.74 Å². The molecular weight excluding hydrogens is 306 g/mol. The third kappa shape index (κ3) is 3.16. The Bertz CT molecular complexity index is 667. The van der Waals surface area contributed by atoms with Gasteiger partial charge in [-0.3, -0.25) is 4.90 Å². The van der Waals surface area contributed by atoms with Crippen LogP contribution >= 0.6 is 0 Å². The Morgan fingerprint density at radius 3 is 3.04 bits per heavy atom. The molecule has 2 saturated heterocycles. The van der Waals surface area contributed by atoms with E-state index in [1.807, 2.05) is 31.2 Å². The minimum absolute atomic E-state index is 0.00621. The first-order valence-corrected chi connectivity index (χ1v) is 8.56. The number of hydrogen-bond acceptors (Lipinski definition) is 6. The molecule has 0 N–H and O–H groups in total. The molecule has 128 valence electrons. The van der Waals surface area contributed by atoms with Crippen LogP contribution in [0.1, 0.15) is 24.3 Å². The van der Waals surface area contributed by atoms with Crippen LogP contribution in [0.4, 0.5) is 0 Å². The summed E-state index contributed by atoms with van der Waals surface area (Å²) < 4.78 is 17.0. The van der Waals surface area contributed by atoms with Crippen molar-refractivity contribution in [2.45, 2.75) is 31.9 Å². The number of pyridine rings is 1. The van der Waals surface area contributed by atoms with Crippen LogP contribution in [0.2, 0.25) is 0 Å². The van der Waals surface area contributed by atoms with Gasteiger partial charge in [-0.2, -0.15) is 0 Å². The SMILES string of the molecule is Cc1cc(CN2CC3(C2)OCC[C@H]3CCOc2ccccn2)no1. The van der Waals surface area contributed by atoms with Crippen molar-refractivity contribution >= 4 is 0 Å². The van der Waals surface area contributed by atoms with Gasteiger partial charge in [0.05, 0.1) is 17.9 Å². The van der Waals surface area contributed by atoms with Crippen molar-refractivity contribution in [2.24, 2.45) is 5.92 Å². The number of rotatable bonds is 6. The second kappa shape index (κ2) is 6.53. The number of ether oxygens (including phenoxy) is 2. The Morgan fingerprint density at radius 1 is 1.38 bits per heavy atom. The minimum atomic E-state index is 0.00621. The second-order valence-corrected chi connectivity index (χ2v) is 6.78. The van der Waals surface area contributed by atoms with Crippen molar-refractivity contribution < 1.29 is 14.0 Å². The average molecular weight is 329 g/mol. The first-order chi connectivity index (χ1) is 11.7. The van der Waals surface area contributed by atoms with Gasteiger partial charge in [-0.15, -0.1) is 0 Å². The summed E-state index contributed by atoms with van der Waals surface area (Å²) in [5.41, 5.74) is 1.00. The normalized spacial score (nSPS) is 22.6. The molecule has 6 nitrogen and oxygen atoms in total. The third-order valence-corrected chi connectivity index (χ3v) is 5.00. The Kier molecular flexibility index (Phi) is 4.24. The van der Waals surface area contributed by atoms with Crippen LogP contribution in [0.5, 0.6) is 5.88 Å². The number of aromatic nitrogens is 2. The molecule has 2 aromatic heterocycles. The molecule has 0 saturated carbocycles. The van der Waals surface area contributed by atoms with E-state index in [1.54, 1.807) is 6.20 Å². The molecule has 0 aromatic carbocycles. The minimum Gasteiger partial charge on any atom is -0.478 e.